The number of hydrogen-bond donors (Lipinski definition) is 1. The van der Waals surface area contributed by atoms with Crippen LogP contribution in [0.3, 0.4) is 0 Å². The van der Waals surface area contributed by atoms with Gasteiger partial charge in [0, 0.05) is 11.1 Å². The maximum absolute atomic E-state index is 6.06. The summed E-state index contributed by atoms with van der Waals surface area (Å²) in [5.74, 6) is 0.729. The van der Waals surface area contributed by atoms with Gasteiger partial charge in [0.15, 0.2) is 0 Å². The van der Waals surface area contributed by atoms with Crippen LogP contribution in [0.5, 0.6) is 0 Å². The third-order valence-corrected chi connectivity index (χ3v) is 3.73. The summed E-state index contributed by atoms with van der Waals surface area (Å²) >= 11 is 6.06. The molecule has 3 nitrogen and oxygen atoms in total. The van der Waals surface area contributed by atoms with Crippen molar-refractivity contribution < 1.29 is 0 Å². The Morgan fingerprint density at radius 2 is 1.59 bits per heavy atom. The minimum atomic E-state index is 0.0379. The van der Waals surface area contributed by atoms with Crippen molar-refractivity contribution in [3.8, 4) is 0 Å². The van der Waals surface area contributed by atoms with Crippen molar-refractivity contribution in [1.29, 1.82) is 0 Å². The molecule has 0 saturated heterocycles. The molecule has 0 aliphatic heterocycles. The van der Waals surface area contributed by atoms with E-state index >= 15 is 0 Å². The van der Waals surface area contributed by atoms with E-state index in [1.165, 1.54) is 5.56 Å². The summed E-state index contributed by atoms with van der Waals surface area (Å²) in [5, 5.41) is 4.63. The molecule has 0 bridgehead atoms. The van der Waals surface area contributed by atoms with Gasteiger partial charge in [-0.3, -0.25) is 0 Å². The topological polar surface area (TPSA) is 37.8 Å². The number of nitrogens with zero attached hydrogens (tertiary/aromatic N) is 2. The van der Waals surface area contributed by atoms with Crippen LogP contribution in [0, 0.1) is 0 Å². The zero-order chi connectivity index (χ0) is 15.7. The van der Waals surface area contributed by atoms with Crippen LogP contribution >= 0.6 is 11.6 Å². The fraction of sp³-hybridized carbons (Fsp3) is 0.222. The van der Waals surface area contributed by atoms with Crippen LogP contribution in [0.25, 0.3) is 10.9 Å². The normalized spacial score (nSPS) is 11.6. The van der Waals surface area contributed by atoms with Gasteiger partial charge in [-0.2, -0.15) is 4.98 Å². The van der Waals surface area contributed by atoms with Crippen molar-refractivity contribution in [2.75, 3.05) is 5.32 Å². The van der Waals surface area contributed by atoms with E-state index in [2.05, 4.69) is 54.3 Å². The van der Waals surface area contributed by atoms with Crippen LogP contribution in [0.2, 0.25) is 5.28 Å². The standard InChI is InChI=1S/C18H18ClN3/c1-18(2,3)13-9-5-7-11-15(13)20-16-12-8-4-6-10-14(12)21-17(19)22-16/h4-11H,1-3H3,(H,20,21,22). The molecule has 0 aliphatic carbocycles. The fourth-order valence-corrected chi connectivity index (χ4v) is 2.69. The van der Waals surface area contributed by atoms with E-state index in [1.54, 1.807) is 0 Å². The molecule has 0 aliphatic rings. The van der Waals surface area contributed by atoms with Gasteiger partial charge in [-0.05, 0) is 40.8 Å². The van der Waals surface area contributed by atoms with E-state index < -0.39 is 0 Å². The molecular weight excluding hydrogens is 294 g/mol. The number of nitrogens with one attached hydrogen (secondary N) is 1. The highest BCUT2D eigenvalue weighted by atomic mass is 35.5. The maximum atomic E-state index is 6.06. The monoisotopic (exact) mass is 311 g/mol. The van der Waals surface area contributed by atoms with E-state index in [1.807, 2.05) is 30.3 Å². The lowest BCUT2D eigenvalue weighted by Crippen LogP contribution is -2.13. The van der Waals surface area contributed by atoms with Crippen LogP contribution < -0.4 is 5.32 Å². The first kappa shape index (κ1) is 14.8. The molecule has 1 aromatic heterocycles. The zero-order valence-corrected chi connectivity index (χ0v) is 13.6. The first-order valence-electron chi connectivity index (χ1n) is 7.24. The zero-order valence-electron chi connectivity index (χ0n) is 12.9. The van der Waals surface area contributed by atoms with Gasteiger partial charge < -0.3 is 5.32 Å². The SMILES string of the molecule is CC(C)(C)c1ccccc1Nc1nc(Cl)nc2ccccc12. The Hall–Kier alpha value is -2.13. The first-order chi connectivity index (χ1) is 10.4. The molecule has 2 aromatic carbocycles. The number of aromatic nitrogens is 2. The summed E-state index contributed by atoms with van der Waals surface area (Å²) in [6, 6.07) is 16.1. The van der Waals surface area contributed by atoms with E-state index in [0.717, 1.165) is 22.4 Å². The molecule has 3 rings (SSSR count). The van der Waals surface area contributed by atoms with Gasteiger partial charge in [0.25, 0.3) is 0 Å². The van der Waals surface area contributed by atoms with Crippen molar-refractivity contribution in [3.63, 3.8) is 0 Å². The number of halogens is 1. The Morgan fingerprint density at radius 1 is 0.909 bits per heavy atom. The van der Waals surface area contributed by atoms with Gasteiger partial charge in [0.2, 0.25) is 5.28 Å². The summed E-state index contributed by atoms with van der Waals surface area (Å²) in [6.45, 7) is 6.58. The number of para-hydroxylation sites is 2. The summed E-state index contributed by atoms with van der Waals surface area (Å²) in [6.07, 6.45) is 0. The number of anilines is 2. The van der Waals surface area contributed by atoms with E-state index in [0.29, 0.717) is 0 Å². The highest BCUT2D eigenvalue weighted by molar-refractivity contribution is 6.28. The van der Waals surface area contributed by atoms with Crippen molar-refractivity contribution >= 4 is 34.0 Å². The second-order valence-electron chi connectivity index (χ2n) is 6.28. The molecule has 0 unspecified atom stereocenters. The Kier molecular flexibility index (Phi) is 3.75. The minimum Gasteiger partial charge on any atom is -0.339 e. The average molecular weight is 312 g/mol. The van der Waals surface area contributed by atoms with Crippen molar-refractivity contribution in [3.05, 3.63) is 59.4 Å². The fourth-order valence-electron chi connectivity index (χ4n) is 2.52. The summed E-state index contributed by atoms with van der Waals surface area (Å²) in [4.78, 5) is 8.63. The van der Waals surface area contributed by atoms with E-state index in [4.69, 9.17) is 11.6 Å². The van der Waals surface area contributed by atoms with Gasteiger partial charge in [0.05, 0.1) is 5.52 Å². The van der Waals surface area contributed by atoms with Crippen LogP contribution in [0.4, 0.5) is 11.5 Å². The predicted octanol–water partition coefficient (Wildman–Crippen LogP) is 5.32. The van der Waals surface area contributed by atoms with Crippen LogP contribution in [-0.2, 0) is 5.41 Å². The number of rotatable bonds is 2. The van der Waals surface area contributed by atoms with Crippen molar-refractivity contribution in [2.24, 2.45) is 0 Å². The van der Waals surface area contributed by atoms with Gasteiger partial charge in [-0.15, -0.1) is 0 Å². The molecule has 3 aromatic rings. The molecule has 112 valence electrons. The Bertz CT molecular complexity index is 822. The van der Waals surface area contributed by atoms with Crippen LogP contribution in [0.1, 0.15) is 26.3 Å². The lowest BCUT2D eigenvalue weighted by molar-refractivity contribution is 0.592. The van der Waals surface area contributed by atoms with Crippen molar-refractivity contribution in [2.45, 2.75) is 26.2 Å². The first-order valence-corrected chi connectivity index (χ1v) is 7.62. The highest BCUT2D eigenvalue weighted by Crippen LogP contribution is 2.32. The Labute approximate surface area is 135 Å². The Morgan fingerprint density at radius 3 is 2.36 bits per heavy atom. The lowest BCUT2D eigenvalue weighted by Gasteiger charge is -2.23. The lowest BCUT2D eigenvalue weighted by atomic mass is 9.86. The molecule has 22 heavy (non-hydrogen) atoms. The molecule has 1 N–H and O–H groups in total. The van der Waals surface area contributed by atoms with Crippen molar-refractivity contribution in [1.82, 2.24) is 9.97 Å². The molecule has 0 saturated carbocycles. The van der Waals surface area contributed by atoms with E-state index in [9.17, 15) is 0 Å². The molecule has 1 heterocycles. The predicted molar refractivity (Wildman–Crippen MR) is 93.0 cm³/mol. The summed E-state index contributed by atoms with van der Waals surface area (Å²) in [5.41, 5.74) is 3.14. The quantitative estimate of drug-likeness (QED) is 0.650. The second-order valence-corrected chi connectivity index (χ2v) is 6.62. The molecule has 0 spiro atoms. The number of hydrogen-bond acceptors (Lipinski definition) is 3. The Balaban J connectivity index is 2.12. The summed E-state index contributed by atoms with van der Waals surface area (Å²) < 4.78 is 0. The molecule has 0 amide bonds. The highest BCUT2D eigenvalue weighted by Gasteiger charge is 2.18. The molecular formula is C18H18ClN3. The third kappa shape index (κ3) is 2.90. The largest absolute Gasteiger partial charge is 0.339 e. The van der Waals surface area contributed by atoms with Gasteiger partial charge in [-0.25, -0.2) is 4.98 Å². The molecule has 0 fully saturated rings. The number of fused-ring (bicyclic) bond motifs is 1. The second kappa shape index (κ2) is 5.58. The van der Waals surface area contributed by atoms with Gasteiger partial charge in [-0.1, -0.05) is 51.1 Å². The minimum absolute atomic E-state index is 0.0379. The maximum Gasteiger partial charge on any atom is 0.224 e. The number of benzene rings is 2. The molecule has 4 heteroatoms. The van der Waals surface area contributed by atoms with Gasteiger partial charge in [0.1, 0.15) is 5.82 Å². The van der Waals surface area contributed by atoms with Crippen LogP contribution in [-0.4, -0.2) is 9.97 Å². The average Bonchev–Trinajstić information content (AvgIpc) is 2.46. The van der Waals surface area contributed by atoms with E-state index in [-0.39, 0.29) is 10.7 Å². The third-order valence-electron chi connectivity index (χ3n) is 3.56. The van der Waals surface area contributed by atoms with Gasteiger partial charge >= 0.3 is 0 Å². The molecule has 0 radical (unpaired) electrons. The van der Waals surface area contributed by atoms with Crippen LogP contribution in [0.15, 0.2) is 48.5 Å². The molecule has 0 atom stereocenters. The smallest absolute Gasteiger partial charge is 0.224 e. The summed E-state index contributed by atoms with van der Waals surface area (Å²) in [7, 11) is 0.